The molecular weight excluding hydrogens is 262 g/mol. The summed E-state index contributed by atoms with van der Waals surface area (Å²) in [6.07, 6.45) is 2.06. The van der Waals surface area contributed by atoms with E-state index in [-0.39, 0.29) is 0 Å². The minimum Gasteiger partial charge on any atom is -0.313 e. The van der Waals surface area contributed by atoms with Crippen LogP contribution in [0, 0.1) is 0 Å². The Labute approximate surface area is 107 Å². The molecule has 2 unspecified atom stereocenters. The molecule has 1 aliphatic heterocycles. The third-order valence-corrected chi connectivity index (χ3v) is 6.45. The van der Waals surface area contributed by atoms with Gasteiger partial charge in [0.05, 0.1) is 5.75 Å². The van der Waals surface area contributed by atoms with Crippen LogP contribution in [0.3, 0.4) is 0 Å². The smallest absolute Gasteiger partial charge is 0.147 e. The Hall–Kier alpha value is 0.610. The molecule has 0 aromatic carbocycles. The van der Waals surface area contributed by atoms with Gasteiger partial charge in [0.15, 0.2) is 0 Å². The van der Waals surface area contributed by atoms with Crippen molar-refractivity contribution in [2.75, 3.05) is 35.8 Å². The van der Waals surface area contributed by atoms with Crippen LogP contribution in [0.4, 0.5) is 0 Å². The molecule has 1 rings (SSSR count). The van der Waals surface area contributed by atoms with Crippen molar-refractivity contribution in [3.63, 3.8) is 0 Å². The fraction of sp³-hybridized carbons (Fsp3) is 1.00. The van der Waals surface area contributed by atoms with E-state index in [4.69, 9.17) is 0 Å². The van der Waals surface area contributed by atoms with Crippen LogP contribution >= 0.6 is 23.5 Å². The number of nitrogens with one attached hydrogen (secondary N) is 1. The molecule has 0 aromatic rings. The van der Waals surface area contributed by atoms with Gasteiger partial charge in [0.2, 0.25) is 0 Å². The SMILES string of the molecule is CCNC(CCS(C)(=O)=O)C1CSCCS1. The van der Waals surface area contributed by atoms with E-state index in [2.05, 4.69) is 12.2 Å². The van der Waals surface area contributed by atoms with Crippen molar-refractivity contribution >= 4 is 33.4 Å². The highest BCUT2D eigenvalue weighted by atomic mass is 32.2. The van der Waals surface area contributed by atoms with Crippen molar-refractivity contribution in [3.05, 3.63) is 0 Å². The Kier molecular flexibility index (Phi) is 6.54. The lowest BCUT2D eigenvalue weighted by Gasteiger charge is -2.30. The second kappa shape index (κ2) is 7.13. The van der Waals surface area contributed by atoms with Gasteiger partial charge in [-0.2, -0.15) is 23.5 Å². The number of hydrogen-bond donors (Lipinski definition) is 1. The van der Waals surface area contributed by atoms with E-state index in [1.807, 2.05) is 23.5 Å². The van der Waals surface area contributed by atoms with Gasteiger partial charge in [-0.15, -0.1) is 0 Å². The van der Waals surface area contributed by atoms with E-state index in [0.717, 1.165) is 18.7 Å². The van der Waals surface area contributed by atoms with Gasteiger partial charge in [0, 0.05) is 34.8 Å². The van der Waals surface area contributed by atoms with Gasteiger partial charge < -0.3 is 5.32 Å². The van der Waals surface area contributed by atoms with E-state index in [1.165, 1.54) is 17.8 Å². The third-order valence-electron chi connectivity index (χ3n) is 2.56. The Morgan fingerprint density at radius 3 is 2.69 bits per heavy atom. The Balaban J connectivity index is 2.45. The van der Waals surface area contributed by atoms with Crippen molar-refractivity contribution < 1.29 is 8.42 Å². The molecule has 1 aliphatic rings. The molecule has 1 saturated heterocycles. The predicted molar refractivity (Wildman–Crippen MR) is 75.4 cm³/mol. The predicted octanol–water partition coefficient (Wildman–Crippen LogP) is 1.25. The van der Waals surface area contributed by atoms with Crippen molar-refractivity contribution in [1.29, 1.82) is 0 Å². The fourth-order valence-corrected chi connectivity index (χ4v) is 5.37. The maximum absolute atomic E-state index is 11.2. The molecule has 0 saturated carbocycles. The van der Waals surface area contributed by atoms with Crippen LogP contribution in [0.5, 0.6) is 0 Å². The molecule has 1 heterocycles. The lowest BCUT2D eigenvalue weighted by atomic mass is 10.1. The van der Waals surface area contributed by atoms with Crippen molar-refractivity contribution in [1.82, 2.24) is 5.32 Å². The maximum atomic E-state index is 11.2. The lowest BCUT2D eigenvalue weighted by molar-refractivity contribution is 0.507. The molecule has 0 radical (unpaired) electrons. The molecule has 96 valence electrons. The van der Waals surface area contributed by atoms with Gasteiger partial charge in [-0.3, -0.25) is 0 Å². The molecule has 6 heteroatoms. The highest BCUT2D eigenvalue weighted by molar-refractivity contribution is 8.06. The maximum Gasteiger partial charge on any atom is 0.147 e. The fourth-order valence-electron chi connectivity index (χ4n) is 1.76. The first-order valence-electron chi connectivity index (χ1n) is 5.63. The van der Waals surface area contributed by atoms with Gasteiger partial charge in [-0.05, 0) is 13.0 Å². The van der Waals surface area contributed by atoms with Gasteiger partial charge in [-0.1, -0.05) is 6.92 Å². The lowest BCUT2D eigenvalue weighted by Crippen LogP contribution is -2.42. The molecule has 0 amide bonds. The first kappa shape index (κ1) is 14.7. The van der Waals surface area contributed by atoms with Crippen LogP contribution in [0.1, 0.15) is 13.3 Å². The van der Waals surface area contributed by atoms with Gasteiger partial charge in [0.1, 0.15) is 9.84 Å². The molecule has 0 spiro atoms. The molecule has 1 fully saturated rings. The average molecular weight is 283 g/mol. The van der Waals surface area contributed by atoms with Crippen molar-refractivity contribution in [3.8, 4) is 0 Å². The largest absolute Gasteiger partial charge is 0.313 e. The summed E-state index contributed by atoms with van der Waals surface area (Å²) in [5.74, 6) is 3.86. The summed E-state index contributed by atoms with van der Waals surface area (Å²) in [4.78, 5) is 0. The zero-order valence-corrected chi connectivity index (χ0v) is 12.4. The molecule has 1 N–H and O–H groups in total. The first-order valence-corrected chi connectivity index (χ1v) is 9.90. The van der Waals surface area contributed by atoms with E-state index in [0.29, 0.717) is 17.0 Å². The number of thioether (sulfide) groups is 2. The second-order valence-electron chi connectivity index (χ2n) is 4.07. The summed E-state index contributed by atoms with van der Waals surface area (Å²) in [5, 5.41) is 4.00. The second-order valence-corrected chi connectivity index (χ2v) is 8.82. The highest BCUT2D eigenvalue weighted by Crippen LogP contribution is 2.27. The Bertz CT molecular complexity index is 286. The third kappa shape index (κ3) is 5.80. The van der Waals surface area contributed by atoms with Gasteiger partial charge >= 0.3 is 0 Å². The van der Waals surface area contributed by atoms with Crippen LogP contribution in [0.15, 0.2) is 0 Å². The highest BCUT2D eigenvalue weighted by Gasteiger charge is 2.24. The van der Waals surface area contributed by atoms with Crippen LogP contribution in [-0.2, 0) is 9.84 Å². The van der Waals surface area contributed by atoms with Gasteiger partial charge in [-0.25, -0.2) is 8.42 Å². The van der Waals surface area contributed by atoms with Crippen LogP contribution in [0.2, 0.25) is 0 Å². The minimum absolute atomic E-state index is 0.298. The molecule has 2 atom stereocenters. The number of hydrogen-bond acceptors (Lipinski definition) is 5. The molecular formula is C10H21NO2S3. The molecule has 16 heavy (non-hydrogen) atoms. The molecule has 3 nitrogen and oxygen atoms in total. The normalized spacial score (nSPS) is 24.2. The first-order chi connectivity index (χ1) is 7.53. The molecule has 0 bridgehead atoms. The summed E-state index contributed by atoms with van der Waals surface area (Å²) in [6.45, 7) is 2.99. The van der Waals surface area contributed by atoms with E-state index in [9.17, 15) is 8.42 Å². The average Bonchev–Trinajstić information content (AvgIpc) is 2.24. The summed E-state index contributed by atoms with van der Waals surface area (Å²) in [5.41, 5.74) is 0. The summed E-state index contributed by atoms with van der Waals surface area (Å²) in [6, 6.07) is 0.345. The number of sulfone groups is 1. The van der Waals surface area contributed by atoms with Gasteiger partial charge in [0.25, 0.3) is 0 Å². The zero-order chi connectivity index (χ0) is 12.0. The van der Waals surface area contributed by atoms with E-state index in [1.54, 1.807) is 0 Å². The standard InChI is InChI=1S/C10H21NO2S3/c1-3-11-9(4-7-16(2,12)13)10-8-14-5-6-15-10/h9-11H,3-8H2,1-2H3. The van der Waals surface area contributed by atoms with E-state index >= 15 is 0 Å². The summed E-state index contributed by atoms with van der Waals surface area (Å²) < 4.78 is 22.4. The van der Waals surface area contributed by atoms with Crippen molar-refractivity contribution in [2.45, 2.75) is 24.6 Å². The Morgan fingerprint density at radius 1 is 1.44 bits per heavy atom. The minimum atomic E-state index is -2.83. The molecule has 0 aliphatic carbocycles. The van der Waals surface area contributed by atoms with Crippen LogP contribution in [0.25, 0.3) is 0 Å². The van der Waals surface area contributed by atoms with Crippen molar-refractivity contribution in [2.24, 2.45) is 0 Å². The monoisotopic (exact) mass is 283 g/mol. The van der Waals surface area contributed by atoms with E-state index < -0.39 is 9.84 Å². The quantitative estimate of drug-likeness (QED) is 0.795. The van der Waals surface area contributed by atoms with Crippen LogP contribution < -0.4 is 5.32 Å². The topological polar surface area (TPSA) is 46.2 Å². The summed E-state index contributed by atoms with van der Waals surface area (Å²) >= 11 is 3.96. The van der Waals surface area contributed by atoms with Crippen LogP contribution in [-0.4, -0.2) is 55.5 Å². The summed E-state index contributed by atoms with van der Waals surface area (Å²) in [7, 11) is -2.83. The molecule has 0 aromatic heterocycles. The Morgan fingerprint density at radius 2 is 2.19 bits per heavy atom. The zero-order valence-electron chi connectivity index (χ0n) is 9.94. The number of rotatable bonds is 6.